The average molecular weight is 440 g/mol. The predicted octanol–water partition coefficient (Wildman–Crippen LogP) is 4.26. The van der Waals surface area contributed by atoms with Gasteiger partial charge in [0.15, 0.2) is 0 Å². The van der Waals surface area contributed by atoms with Crippen LogP contribution in [0.1, 0.15) is 12.5 Å². The molecule has 1 aliphatic heterocycles. The van der Waals surface area contributed by atoms with Gasteiger partial charge in [-0.2, -0.15) is 5.10 Å². The summed E-state index contributed by atoms with van der Waals surface area (Å²) in [5, 5.41) is 9.88. The number of hydrogen-bond acceptors (Lipinski definition) is 6. The minimum atomic E-state index is 0.769. The fraction of sp³-hybridized carbons (Fsp3) is 0.269. The van der Waals surface area contributed by atoms with E-state index in [1.54, 1.807) is 0 Å². The lowest BCUT2D eigenvalue weighted by molar-refractivity contribution is 0.270. The van der Waals surface area contributed by atoms with Crippen LogP contribution in [-0.4, -0.2) is 57.4 Å². The summed E-state index contributed by atoms with van der Waals surface area (Å²) in [6, 6.07) is 12.5. The van der Waals surface area contributed by atoms with E-state index in [9.17, 15) is 0 Å². The number of nitrogens with zero attached hydrogens (tertiary/aromatic N) is 6. The molecule has 168 valence electrons. The van der Waals surface area contributed by atoms with Gasteiger partial charge in [-0.15, -0.1) is 0 Å². The molecule has 0 atom stereocenters. The number of fused-ring (bicyclic) bond motifs is 1. The van der Waals surface area contributed by atoms with Crippen molar-refractivity contribution in [3.05, 3.63) is 73.3 Å². The summed E-state index contributed by atoms with van der Waals surface area (Å²) >= 11 is 0. The van der Waals surface area contributed by atoms with Gasteiger partial charge in [-0.1, -0.05) is 25.6 Å². The maximum atomic E-state index is 4.60. The molecule has 3 aromatic heterocycles. The molecule has 1 aromatic carbocycles. The molecule has 4 aromatic rings. The van der Waals surface area contributed by atoms with Crippen molar-refractivity contribution in [2.75, 3.05) is 42.9 Å². The molecule has 0 amide bonds. The van der Waals surface area contributed by atoms with Crippen LogP contribution < -0.4 is 10.2 Å². The quantitative estimate of drug-likeness (QED) is 0.485. The second kappa shape index (κ2) is 9.03. The van der Waals surface area contributed by atoms with E-state index >= 15 is 0 Å². The zero-order chi connectivity index (χ0) is 22.8. The Labute approximate surface area is 194 Å². The molecule has 1 fully saturated rings. The van der Waals surface area contributed by atoms with Crippen LogP contribution in [0.25, 0.3) is 27.6 Å². The SMILES string of the molecule is C=C(Nc1cc2cc(-c3cnn(C)c3)ccc2cn1)c1ccnc(N2CCN(CC)CC2)c1. The Bertz CT molecular complexity index is 1280. The molecule has 0 spiro atoms. The molecule has 1 N–H and O–H groups in total. The number of pyridine rings is 2. The van der Waals surface area contributed by atoms with Gasteiger partial charge in [0.2, 0.25) is 0 Å². The normalized spacial score (nSPS) is 14.5. The number of anilines is 2. The van der Waals surface area contributed by atoms with E-state index in [2.05, 4.69) is 74.0 Å². The van der Waals surface area contributed by atoms with Gasteiger partial charge >= 0.3 is 0 Å². The number of likely N-dealkylation sites (N-methyl/N-ethyl adjacent to an activating group) is 1. The molecule has 1 aliphatic rings. The van der Waals surface area contributed by atoms with Crippen LogP contribution in [0, 0.1) is 0 Å². The first kappa shape index (κ1) is 21.2. The number of piperazine rings is 1. The van der Waals surface area contributed by atoms with Crippen molar-refractivity contribution in [2.45, 2.75) is 6.92 Å². The topological polar surface area (TPSA) is 62.1 Å². The van der Waals surface area contributed by atoms with Crippen molar-refractivity contribution < 1.29 is 0 Å². The summed E-state index contributed by atoms with van der Waals surface area (Å²) in [5.74, 6) is 1.77. The minimum Gasteiger partial charge on any atom is -0.354 e. The standard InChI is InChI=1S/C26H29N7/c1-4-32-9-11-33(12-10-32)26-15-20(7-8-27-26)19(2)30-25-14-23-13-21(5-6-22(23)16-28-25)24-17-29-31(3)18-24/h5-8,13-18H,2,4,9-12H2,1,3H3,(H,28,30). The predicted molar refractivity (Wildman–Crippen MR) is 135 cm³/mol. The third kappa shape index (κ3) is 4.59. The lowest BCUT2D eigenvalue weighted by atomic mass is 10.0. The van der Waals surface area contributed by atoms with Gasteiger partial charge in [-0.3, -0.25) is 4.68 Å². The van der Waals surface area contributed by atoms with E-state index in [1.807, 2.05) is 42.6 Å². The lowest BCUT2D eigenvalue weighted by Crippen LogP contribution is -2.46. The molecular weight excluding hydrogens is 410 g/mol. The third-order valence-electron chi connectivity index (χ3n) is 6.28. The van der Waals surface area contributed by atoms with Crippen molar-refractivity contribution >= 4 is 28.1 Å². The maximum Gasteiger partial charge on any atom is 0.130 e. The van der Waals surface area contributed by atoms with Crippen molar-refractivity contribution in [3.63, 3.8) is 0 Å². The van der Waals surface area contributed by atoms with Gasteiger partial charge in [0.1, 0.15) is 11.6 Å². The molecular formula is C26H29N7. The first-order valence-electron chi connectivity index (χ1n) is 11.4. The van der Waals surface area contributed by atoms with Crippen molar-refractivity contribution in [1.82, 2.24) is 24.6 Å². The smallest absolute Gasteiger partial charge is 0.130 e. The van der Waals surface area contributed by atoms with Gasteiger partial charge < -0.3 is 15.1 Å². The highest BCUT2D eigenvalue weighted by Gasteiger charge is 2.17. The largest absolute Gasteiger partial charge is 0.354 e. The molecule has 7 nitrogen and oxygen atoms in total. The van der Waals surface area contributed by atoms with E-state index in [-0.39, 0.29) is 0 Å². The molecule has 0 saturated carbocycles. The second-order valence-electron chi connectivity index (χ2n) is 8.46. The monoisotopic (exact) mass is 439 g/mol. The average Bonchev–Trinajstić information content (AvgIpc) is 3.30. The molecule has 33 heavy (non-hydrogen) atoms. The first-order chi connectivity index (χ1) is 16.1. The highest BCUT2D eigenvalue weighted by atomic mass is 15.3. The molecule has 1 saturated heterocycles. The van der Waals surface area contributed by atoms with Crippen LogP contribution in [0.5, 0.6) is 0 Å². The van der Waals surface area contributed by atoms with Crippen LogP contribution in [0.4, 0.5) is 11.6 Å². The Balaban J connectivity index is 1.33. The summed E-state index contributed by atoms with van der Waals surface area (Å²) in [5.41, 5.74) is 4.05. The number of nitrogens with one attached hydrogen (secondary N) is 1. The molecule has 5 rings (SSSR count). The molecule has 0 aliphatic carbocycles. The van der Waals surface area contributed by atoms with Gasteiger partial charge in [0, 0.05) is 74.0 Å². The van der Waals surface area contributed by atoms with E-state index in [4.69, 9.17) is 0 Å². The summed E-state index contributed by atoms with van der Waals surface area (Å²) in [7, 11) is 1.93. The van der Waals surface area contributed by atoms with E-state index in [0.717, 1.165) is 77.5 Å². The van der Waals surface area contributed by atoms with Crippen LogP contribution in [0.2, 0.25) is 0 Å². The Hall–Kier alpha value is -3.71. The Morgan fingerprint density at radius 1 is 0.970 bits per heavy atom. The van der Waals surface area contributed by atoms with E-state index in [0.29, 0.717) is 0 Å². The van der Waals surface area contributed by atoms with Crippen molar-refractivity contribution in [1.29, 1.82) is 0 Å². The summed E-state index contributed by atoms with van der Waals surface area (Å²) in [4.78, 5) is 14.0. The third-order valence-corrected chi connectivity index (χ3v) is 6.28. The number of aromatic nitrogens is 4. The molecule has 0 radical (unpaired) electrons. The number of aryl methyl sites for hydroxylation is 1. The first-order valence-corrected chi connectivity index (χ1v) is 11.4. The second-order valence-corrected chi connectivity index (χ2v) is 8.46. The highest BCUT2D eigenvalue weighted by molar-refractivity contribution is 5.89. The van der Waals surface area contributed by atoms with Gasteiger partial charge in [0.25, 0.3) is 0 Å². The summed E-state index contributed by atoms with van der Waals surface area (Å²) < 4.78 is 1.82. The number of hydrogen-bond donors (Lipinski definition) is 1. The van der Waals surface area contributed by atoms with Crippen molar-refractivity contribution in [2.24, 2.45) is 7.05 Å². The lowest BCUT2D eigenvalue weighted by Gasteiger charge is -2.34. The molecule has 0 bridgehead atoms. The fourth-order valence-corrected chi connectivity index (χ4v) is 4.26. The van der Waals surface area contributed by atoms with E-state index < -0.39 is 0 Å². The maximum absolute atomic E-state index is 4.60. The van der Waals surface area contributed by atoms with Gasteiger partial charge in [-0.05, 0) is 41.8 Å². The Morgan fingerprint density at radius 2 is 1.82 bits per heavy atom. The number of benzene rings is 1. The van der Waals surface area contributed by atoms with Crippen LogP contribution in [0.15, 0.2) is 67.8 Å². The van der Waals surface area contributed by atoms with Gasteiger partial charge in [0.05, 0.1) is 6.20 Å². The van der Waals surface area contributed by atoms with Crippen molar-refractivity contribution in [3.8, 4) is 11.1 Å². The van der Waals surface area contributed by atoms with Gasteiger partial charge in [-0.25, -0.2) is 9.97 Å². The zero-order valence-corrected chi connectivity index (χ0v) is 19.2. The Morgan fingerprint density at radius 3 is 2.58 bits per heavy atom. The van der Waals surface area contributed by atoms with Crippen LogP contribution in [0.3, 0.4) is 0 Å². The van der Waals surface area contributed by atoms with E-state index in [1.165, 1.54) is 0 Å². The molecule has 0 unspecified atom stereocenters. The van der Waals surface area contributed by atoms with Crippen LogP contribution in [-0.2, 0) is 7.05 Å². The Kier molecular flexibility index (Phi) is 5.79. The number of rotatable bonds is 6. The summed E-state index contributed by atoms with van der Waals surface area (Å²) in [6.07, 6.45) is 7.65. The fourth-order valence-electron chi connectivity index (χ4n) is 4.26. The zero-order valence-electron chi connectivity index (χ0n) is 19.2. The van der Waals surface area contributed by atoms with Crippen LogP contribution >= 0.6 is 0 Å². The molecule has 4 heterocycles. The summed E-state index contributed by atoms with van der Waals surface area (Å²) in [6.45, 7) is 11.7. The molecule has 7 heteroatoms. The minimum absolute atomic E-state index is 0.769. The highest BCUT2D eigenvalue weighted by Crippen LogP contribution is 2.26.